The summed E-state index contributed by atoms with van der Waals surface area (Å²) in [7, 11) is 0. The molecular weight excluding hydrogens is 148 g/mol. The first-order chi connectivity index (χ1) is 5.68. The fourth-order valence-corrected chi connectivity index (χ4v) is 2.53. The van der Waals surface area contributed by atoms with Crippen LogP contribution in [0.25, 0.3) is 0 Å². The Balaban J connectivity index is 2.02. The summed E-state index contributed by atoms with van der Waals surface area (Å²) < 4.78 is 0. The van der Waals surface area contributed by atoms with Gasteiger partial charge in [0.05, 0.1) is 0 Å². The Morgan fingerprint density at radius 1 is 1.50 bits per heavy atom. The molecule has 0 spiro atoms. The highest BCUT2D eigenvalue weighted by Crippen LogP contribution is 2.49. The van der Waals surface area contributed by atoms with Gasteiger partial charge in [0.15, 0.2) is 0 Å². The fraction of sp³-hybridized carbons (Fsp3) is 1.00. The van der Waals surface area contributed by atoms with E-state index in [0.29, 0.717) is 5.54 Å². The standard InChI is InChI=1S/C10H20N2/c1-8-6-9(8)10(2,7-11)12-4-3-5-12/h8-9H,3-7,11H2,1-2H3. The predicted octanol–water partition coefficient (Wildman–Crippen LogP) is 1.07. The summed E-state index contributed by atoms with van der Waals surface area (Å²) in [5.74, 6) is 1.79. The van der Waals surface area contributed by atoms with Crippen LogP contribution < -0.4 is 5.73 Å². The van der Waals surface area contributed by atoms with Gasteiger partial charge in [-0.05, 0) is 44.7 Å². The molecular formula is C10H20N2. The lowest BCUT2D eigenvalue weighted by atomic mass is 9.89. The monoisotopic (exact) mass is 168 g/mol. The quantitative estimate of drug-likeness (QED) is 0.683. The van der Waals surface area contributed by atoms with Crippen molar-refractivity contribution in [2.45, 2.75) is 32.2 Å². The Bertz CT molecular complexity index is 170. The SMILES string of the molecule is CC1CC1C(C)(CN)N1CCC1. The Labute approximate surface area is 75.1 Å². The van der Waals surface area contributed by atoms with Gasteiger partial charge in [-0.3, -0.25) is 4.90 Å². The summed E-state index contributed by atoms with van der Waals surface area (Å²) >= 11 is 0. The van der Waals surface area contributed by atoms with Crippen LogP contribution in [-0.4, -0.2) is 30.1 Å². The summed E-state index contributed by atoms with van der Waals surface area (Å²) in [5.41, 5.74) is 6.21. The number of nitrogens with zero attached hydrogens (tertiary/aromatic N) is 1. The average Bonchev–Trinajstić information content (AvgIpc) is 2.63. The zero-order chi connectivity index (χ0) is 8.77. The van der Waals surface area contributed by atoms with Crippen LogP contribution in [0.5, 0.6) is 0 Å². The van der Waals surface area contributed by atoms with Crippen molar-refractivity contribution in [1.29, 1.82) is 0 Å². The van der Waals surface area contributed by atoms with Gasteiger partial charge in [0.25, 0.3) is 0 Å². The lowest BCUT2D eigenvalue weighted by Gasteiger charge is -2.47. The minimum Gasteiger partial charge on any atom is -0.329 e. The second kappa shape index (κ2) is 2.71. The Morgan fingerprint density at radius 3 is 2.33 bits per heavy atom. The smallest absolute Gasteiger partial charge is 0.0334 e. The highest BCUT2D eigenvalue weighted by Gasteiger charge is 2.50. The minimum absolute atomic E-state index is 0.331. The van der Waals surface area contributed by atoms with E-state index in [-0.39, 0.29) is 0 Å². The molecule has 3 unspecified atom stereocenters. The highest BCUT2D eigenvalue weighted by molar-refractivity contribution is 5.05. The number of rotatable bonds is 3. The molecule has 1 saturated heterocycles. The van der Waals surface area contributed by atoms with Crippen molar-refractivity contribution >= 4 is 0 Å². The molecule has 0 aromatic rings. The number of hydrogen-bond acceptors (Lipinski definition) is 2. The van der Waals surface area contributed by atoms with E-state index in [1.807, 2.05) is 0 Å². The fourth-order valence-electron chi connectivity index (χ4n) is 2.53. The molecule has 2 nitrogen and oxygen atoms in total. The maximum Gasteiger partial charge on any atom is 0.0334 e. The Kier molecular flexibility index (Phi) is 1.92. The van der Waals surface area contributed by atoms with Crippen LogP contribution in [0.2, 0.25) is 0 Å². The third-order valence-electron chi connectivity index (χ3n) is 3.90. The summed E-state index contributed by atoms with van der Waals surface area (Å²) in [6.07, 6.45) is 2.76. The zero-order valence-corrected chi connectivity index (χ0v) is 8.21. The molecule has 3 atom stereocenters. The van der Waals surface area contributed by atoms with Crippen molar-refractivity contribution in [2.75, 3.05) is 19.6 Å². The normalized spacial score (nSPS) is 40.2. The van der Waals surface area contributed by atoms with Crippen LogP contribution in [-0.2, 0) is 0 Å². The van der Waals surface area contributed by atoms with Crippen LogP contribution >= 0.6 is 0 Å². The molecule has 2 heteroatoms. The maximum atomic E-state index is 5.88. The molecule has 2 aliphatic rings. The molecule has 2 N–H and O–H groups in total. The molecule has 0 radical (unpaired) electrons. The molecule has 70 valence electrons. The van der Waals surface area contributed by atoms with E-state index in [2.05, 4.69) is 18.7 Å². The second-order valence-electron chi connectivity index (χ2n) is 4.72. The molecule has 1 heterocycles. The first-order valence-electron chi connectivity index (χ1n) is 5.13. The molecule has 0 bridgehead atoms. The van der Waals surface area contributed by atoms with E-state index >= 15 is 0 Å². The van der Waals surface area contributed by atoms with E-state index in [4.69, 9.17) is 5.73 Å². The van der Waals surface area contributed by atoms with E-state index in [0.717, 1.165) is 18.4 Å². The van der Waals surface area contributed by atoms with E-state index in [1.54, 1.807) is 0 Å². The topological polar surface area (TPSA) is 29.3 Å². The number of likely N-dealkylation sites (tertiary alicyclic amines) is 1. The van der Waals surface area contributed by atoms with Crippen LogP contribution in [0.4, 0.5) is 0 Å². The van der Waals surface area contributed by atoms with Crippen LogP contribution in [0.1, 0.15) is 26.7 Å². The average molecular weight is 168 g/mol. The third-order valence-corrected chi connectivity index (χ3v) is 3.90. The lowest BCUT2D eigenvalue weighted by Crippen LogP contribution is -2.59. The Morgan fingerprint density at radius 2 is 2.08 bits per heavy atom. The second-order valence-corrected chi connectivity index (χ2v) is 4.72. The van der Waals surface area contributed by atoms with E-state index in [1.165, 1.54) is 25.9 Å². The van der Waals surface area contributed by atoms with Gasteiger partial charge in [0, 0.05) is 12.1 Å². The van der Waals surface area contributed by atoms with Gasteiger partial charge in [-0.2, -0.15) is 0 Å². The van der Waals surface area contributed by atoms with Gasteiger partial charge in [-0.1, -0.05) is 6.92 Å². The first-order valence-corrected chi connectivity index (χ1v) is 5.13. The van der Waals surface area contributed by atoms with Gasteiger partial charge in [0.1, 0.15) is 0 Å². The van der Waals surface area contributed by atoms with Crippen molar-refractivity contribution in [1.82, 2.24) is 4.90 Å². The predicted molar refractivity (Wildman–Crippen MR) is 50.9 cm³/mol. The largest absolute Gasteiger partial charge is 0.329 e. The summed E-state index contributed by atoms with van der Waals surface area (Å²) in [6.45, 7) is 8.08. The molecule has 0 amide bonds. The molecule has 12 heavy (non-hydrogen) atoms. The Hall–Kier alpha value is -0.0800. The van der Waals surface area contributed by atoms with Gasteiger partial charge >= 0.3 is 0 Å². The van der Waals surface area contributed by atoms with E-state index in [9.17, 15) is 0 Å². The van der Waals surface area contributed by atoms with Crippen LogP contribution in [0.15, 0.2) is 0 Å². The number of nitrogens with two attached hydrogens (primary N) is 1. The molecule has 1 saturated carbocycles. The van der Waals surface area contributed by atoms with Gasteiger partial charge < -0.3 is 5.73 Å². The van der Waals surface area contributed by atoms with Gasteiger partial charge in [-0.25, -0.2) is 0 Å². The molecule has 0 aromatic heterocycles. The number of hydrogen-bond donors (Lipinski definition) is 1. The zero-order valence-electron chi connectivity index (χ0n) is 8.21. The first kappa shape index (κ1) is 8.52. The summed E-state index contributed by atoms with van der Waals surface area (Å²) in [5, 5.41) is 0. The summed E-state index contributed by atoms with van der Waals surface area (Å²) in [4.78, 5) is 2.57. The molecule has 2 fully saturated rings. The summed E-state index contributed by atoms with van der Waals surface area (Å²) in [6, 6.07) is 0. The lowest BCUT2D eigenvalue weighted by molar-refractivity contribution is 0.0283. The molecule has 2 rings (SSSR count). The molecule has 1 aliphatic carbocycles. The van der Waals surface area contributed by atoms with Crippen molar-refractivity contribution in [3.8, 4) is 0 Å². The van der Waals surface area contributed by atoms with Crippen LogP contribution in [0.3, 0.4) is 0 Å². The van der Waals surface area contributed by atoms with Gasteiger partial charge in [-0.15, -0.1) is 0 Å². The molecule has 0 aromatic carbocycles. The van der Waals surface area contributed by atoms with E-state index < -0.39 is 0 Å². The minimum atomic E-state index is 0.331. The molecule has 1 aliphatic heterocycles. The van der Waals surface area contributed by atoms with Crippen molar-refractivity contribution < 1.29 is 0 Å². The highest BCUT2D eigenvalue weighted by atomic mass is 15.3. The van der Waals surface area contributed by atoms with Gasteiger partial charge in [0.2, 0.25) is 0 Å². The van der Waals surface area contributed by atoms with Crippen LogP contribution in [0, 0.1) is 11.8 Å². The maximum absolute atomic E-state index is 5.88. The third kappa shape index (κ3) is 1.09. The van der Waals surface area contributed by atoms with Crippen molar-refractivity contribution in [3.05, 3.63) is 0 Å². The van der Waals surface area contributed by atoms with Crippen molar-refractivity contribution in [2.24, 2.45) is 17.6 Å². The van der Waals surface area contributed by atoms with Crippen molar-refractivity contribution in [3.63, 3.8) is 0 Å².